The molecule has 2 aliphatic rings. The lowest BCUT2D eigenvalue weighted by molar-refractivity contribution is -0.124. The molecule has 40 heavy (non-hydrogen) atoms. The molecule has 204 valence electrons. The van der Waals surface area contributed by atoms with Gasteiger partial charge in [-0.25, -0.2) is 9.38 Å². The fraction of sp³-hybridized carbons (Fsp3) is 0.250. The number of carbonyl (C=O) groups is 1. The SMILES string of the molecule is Cc1c(/C=C2\SC(=Nc3ccccc3F)N(C3CCCCC3)C2=O)c2ccccc2n1Cc1ccc(Cl)c(Cl)c1. The van der Waals surface area contributed by atoms with Crippen LogP contribution in [0, 0.1) is 12.7 Å². The van der Waals surface area contributed by atoms with Crippen LogP contribution in [0.5, 0.6) is 0 Å². The van der Waals surface area contributed by atoms with Gasteiger partial charge in [0.1, 0.15) is 11.5 Å². The average molecular weight is 593 g/mol. The minimum absolute atomic E-state index is 0.0623. The van der Waals surface area contributed by atoms with Crippen LogP contribution in [0.3, 0.4) is 0 Å². The Morgan fingerprint density at radius 1 is 1.00 bits per heavy atom. The van der Waals surface area contributed by atoms with Gasteiger partial charge in [-0.05, 0) is 73.5 Å². The highest BCUT2D eigenvalue weighted by atomic mass is 35.5. The number of hydrogen-bond acceptors (Lipinski definition) is 3. The second-order valence-electron chi connectivity index (χ2n) is 10.3. The lowest BCUT2D eigenvalue weighted by atomic mass is 9.94. The summed E-state index contributed by atoms with van der Waals surface area (Å²) in [7, 11) is 0. The molecule has 3 aromatic carbocycles. The Labute approximate surface area is 247 Å². The first-order valence-electron chi connectivity index (χ1n) is 13.5. The first-order chi connectivity index (χ1) is 19.4. The monoisotopic (exact) mass is 591 g/mol. The van der Waals surface area contributed by atoms with Crippen LogP contribution in [0.2, 0.25) is 10.0 Å². The van der Waals surface area contributed by atoms with E-state index < -0.39 is 5.82 Å². The lowest BCUT2D eigenvalue weighted by Gasteiger charge is -2.30. The molecule has 4 nitrogen and oxygen atoms in total. The van der Waals surface area contributed by atoms with Crippen molar-refractivity contribution in [3.05, 3.63) is 104 Å². The highest BCUT2D eigenvalue weighted by Gasteiger charge is 2.39. The summed E-state index contributed by atoms with van der Waals surface area (Å²) in [6.07, 6.45) is 7.16. The van der Waals surface area contributed by atoms with E-state index in [0.717, 1.165) is 53.4 Å². The summed E-state index contributed by atoms with van der Waals surface area (Å²) in [6, 6.07) is 20.4. The lowest BCUT2D eigenvalue weighted by Crippen LogP contribution is -2.40. The van der Waals surface area contributed by atoms with Crippen LogP contribution < -0.4 is 0 Å². The zero-order chi connectivity index (χ0) is 27.8. The van der Waals surface area contributed by atoms with Crippen molar-refractivity contribution in [2.24, 2.45) is 4.99 Å². The first kappa shape index (κ1) is 27.1. The number of aliphatic imine (C=N–C) groups is 1. The molecule has 0 spiro atoms. The van der Waals surface area contributed by atoms with Crippen molar-refractivity contribution >= 4 is 68.7 Å². The highest BCUT2D eigenvalue weighted by molar-refractivity contribution is 8.18. The number of nitrogens with zero attached hydrogens (tertiary/aromatic N) is 3. The van der Waals surface area contributed by atoms with Crippen molar-refractivity contribution in [2.75, 3.05) is 0 Å². The third-order valence-corrected chi connectivity index (χ3v) is 9.45. The fourth-order valence-corrected chi connectivity index (χ4v) is 7.02. The molecule has 1 aliphatic carbocycles. The fourth-order valence-electron chi connectivity index (χ4n) is 5.67. The Kier molecular flexibility index (Phi) is 7.76. The quantitative estimate of drug-likeness (QED) is 0.217. The van der Waals surface area contributed by atoms with E-state index >= 15 is 0 Å². The largest absolute Gasteiger partial charge is 0.340 e. The van der Waals surface area contributed by atoms with Gasteiger partial charge in [-0.3, -0.25) is 9.69 Å². The van der Waals surface area contributed by atoms with Crippen LogP contribution in [0.1, 0.15) is 48.9 Å². The number of carbonyl (C=O) groups excluding carboxylic acids is 1. The van der Waals surface area contributed by atoms with Crippen molar-refractivity contribution in [3.8, 4) is 0 Å². The van der Waals surface area contributed by atoms with Gasteiger partial charge < -0.3 is 4.57 Å². The first-order valence-corrected chi connectivity index (χ1v) is 15.1. The Bertz CT molecular complexity index is 1670. The normalized spacial score (nSPS) is 18.5. The molecule has 4 aromatic rings. The van der Waals surface area contributed by atoms with Crippen molar-refractivity contribution in [3.63, 3.8) is 0 Å². The molecule has 1 amide bonds. The third kappa shape index (κ3) is 5.20. The molecule has 1 aromatic heterocycles. The van der Waals surface area contributed by atoms with Crippen LogP contribution in [0.4, 0.5) is 10.1 Å². The number of halogens is 3. The molecule has 0 N–H and O–H groups in total. The minimum Gasteiger partial charge on any atom is -0.340 e. The zero-order valence-electron chi connectivity index (χ0n) is 22.0. The predicted octanol–water partition coefficient (Wildman–Crippen LogP) is 9.38. The van der Waals surface area contributed by atoms with E-state index in [2.05, 4.69) is 28.6 Å². The van der Waals surface area contributed by atoms with E-state index in [0.29, 0.717) is 26.7 Å². The summed E-state index contributed by atoms with van der Waals surface area (Å²) in [5.41, 5.74) is 4.37. The molecular formula is C32H28Cl2FN3OS. The zero-order valence-corrected chi connectivity index (χ0v) is 24.4. The van der Waals surface area contributed by atoms with E-state index in [1.807, 2.05) is 41.3 Å². The number of fused-ring (bicyclic) bond motifs is 1. The molecule has 2 heterocycles. The Hall–Kier alpha value is -3.06. The average Bonchev–Trinajstić information content (AvgIpc) is 3.41. The van der Waals surface area contributed by atoms with Crippen LogP contribution in [0.15, 0.2) is 76.6 Å². The van der Waals surface area contributed by atoms with Gasteiger partial charge in [0, 0.05) is 34.7 Å². The number of para-hydroxylation sites is 2. The predicted molar refractivity (Wildman–Crippen MR) is 165 cm³/mol. The molecule has 2 fully saturated rings. The second kappa shape index (κ2) is 11.4. The van der Waals surface area contributed by atoms with E-state index in [1.54, 1.807) is 18.2 Å². The standard InChI is InChI=1S/C32H28Cl2FN3OS/c1-20-24(23-11-5-8-14-29(23)37(20)19-21-15-16-25(33)26(34)17-21)18-30-31(39)38(22-9-3-2-4-10-22)32(40-30)36-28-13-7-6-12-27(28)35/h5-8,11-18,22H,2-4,9-10,19H2,1H3/b30-18-,36-32?. The van der Waals surface area contributed by atoms with E-state index in [-0.39, 0.29) is 17.6 Å². The molecule has 1 saturated heterocycles. The number of thioether (sulfide) groups is 1. The van der Waals surface area contributed by atoms with Crippen molar-refractivity contribution < 1.29 is 9.18 Å². The number of amides is 1. The van der Waals surface area contributed by atoms with Crippen LogP contribution in [-0.4, -0.2) is 26.6 Å². The topological polar surface area (TPSA) is 37.6 Å². The Morgan fingerprint density at radius 2 is 1.75 bits per heavy atom. The number of hydrogen-bond donors (Lipinski definition) is 0. The molecular weight excluding hydrogens is 564 g/mol. The van der Waals surface area contributed by atoms with Crippen molar-refractivity contribution in [2.45, 2.75) is 51.6 Å². The summed E-state index contributed by atoms with van der Waals surface area (Å²) in [4.78, 5) is 21.0. The van der Waals surface area contributed by atoms with Gasteiger partial charge in [0.05, 0.1) is 15.0 Å². The van der Waals surface area contributed by atoms with Gasteiger partial charge in [-0.15, -0.1) is 0 Å². The number of rotatable bonds is 5. The van der Waals surface area contributed by atoms with Gasteiger partial charge in [-0.1, -0.05) is 78.9 Å². The van der Waals surface area contributed by atoms with Gasteiger partial charge in [0.25, 0.3) is 5.91 Å². The smallest absolute Gasteiger partial charge is 0.267 e. The maximum atomic E-state index is 14.6. The van der Waals surface area contributed by atoms with Gasteiger partial charge in [-0.2, -0.15) is 0 Å². The summed E-state index contributed by atoms with van der Waals surface area (Å²) in [6.45, 7) is 2.68. The second-order valence-corrected chi connectivity index (χ2v) is 12.1. The third-order valence-electron chi connectivity index (χ3n) is 7.73. The summed E-state index contributed by atoms with van der Waals surface area (Å²) in [5, 5.41) is 2.65. The number of aromatic nitrogens is 1. The van der Waals surface area contributed by atoms with Crippen LogP contribution in [0.25, 0.3) is 17.0 Å². The molecule has 1 saturated carbocycles. The molecule has 0 unspecified atom stereocenters. The summed E-state index contributed by atoms with van der Waals surface area (Å²) < 4.78 is 16.8. The molecule has 0 bridgehead atoms. The van der Waals surface area contributed by atoms with Gasteiger partial charge >= 0.3 is 0 Å². The number of benzene rings is 3. The summed E-state index contributed by atoms with van der Waals surface area (Å²) >= 11 is 13.8. The minimum atomic E-state index is -0.398. The molecule has 0 atom stereocenters. The van der Waals surface area contributed by atoms with Crippen molar-refractivity contribution in [1.82, 2.24) is 9.47 Å². The van der Waals surface area contributed by atoms with E-state index in [1.165, 1.54) is 24.2 Å². The number of amidine groups is 1. The highest BCUT2D eigenvalue weighted by Crippen LogP contribution is 2.40. The van der Waals surface area contributed by atoms with E-state index in [9.17, 15) is 9.18 Å². The van der Waals surface area contributed by atoms with Crippen LogP contribution in [-0.2, 0) is 11.3 Å². The Morgan fingerprint density at radius 3 is 2.52 bits per heavy atom. The molecule has 8 heteroatoms. The molecule has 1 aliphatic heterocycles. The molecule has 0 radical (unpaired) electrons. The van der Waals surface area contributed by atoms with E-state index in [4.69, 9.17) is 23.2 Å². The maximum absolute atomic E-state index is 14.6. The Balaban J connectivity index is 1.42. The van der Waals surface area contributed by atoms with Crippen molar-refractivity contribution in [1.29, 1.82) is 0 Å². The molecule has 6 rings (SSSR count). The summed E-state index contributed by atoms with van der Waals surface area (Å²) in [5.74, 6) is -0.460. The maximum Gasteiger partial charge on any atom is 0.267 e. The van der Waals surface area contributed by atoms with Gasteiger partial charge in [0.2, 0.25) is 0 Å². The van der Waals surface area contributed by atoms with Gasteiger partial charge in [0.15, 0.2) is 5.17 Å². The van der Waals surface area contributed by atoms with Crippen LogP contribution >= 0.6 is 35.0 Å².